The molecule has 1 aromatic heterocycles. The first kappa shape index (κ1) is 20.1. The summed E-state index contributed by atoms with van der Waals surface area (Å²) in [4.78, 5) is 19.1. The molecule has 2 heterocycles. The number of carbonyl (C=O) groups is 1. The third kappa shape index (κ3) is 3.46. The number of hydrogen-bond donors (Lipinski definition) is 0. The zero-order valence-electron chi connectivity index (χ0n) is 18.3. The molecular weight excluding hydrogens is 398 g/mol. The Hall–Kier alpha value is -3.86. The molecule has 1 aliphatic heterocycles. The van der Waals surface area contributed by atoms with Crippen molar-refractivity contribution in [3.63, 3.8) is 0 Å². The van der Waals surface area contributed by atoms with Crippen LogP contribution in [0.2, 0.25) is 0 Å². The van der Waals surface area contributed by atoms with Crippen LogP contribution in [-0.4, -0.2) is 27.9 Å². The molecule has 0 saturated carbocycles. The number of aromatic nitrogens is 1. The molecular formula is C27H25N3O2. The van der Waals surface area contributed by atoms with E-state index in [1.807, 2.05) is 49.4 Å². The van der Waals surface area contributed by atoms with E-state index in [4.69, 9.17) is 4.74 Å². The molecule has 4 aromatic rings. The van der Waals surface area contributed by atoms with E-state index in [2.05, 4.69) is 52.9 Å². The third-order valence-corrected chi connectivity index (χ3v) is 5.85. The average Bonchev–Trinajstić information content (AvgIpc) is 3.31. The topological polar surface area (TPSA) is 46.8 Å². The zero-order chi connectivity index (χ0) is 22.1. The van der Waals surface area contributed by atoms with Crippen LogP contribution in [0.25, 0.3) is 27.9 Å². The van der Waals surface area contributed by atoms with Crippen LogP contribution in [0.4, 0.5) is 0 Å². The fourth-order valence-electron chi connectivity index (χ4n) is 4.30. The molecule has 5 heteroatoms. The highest BCUT2D eigenvalue weighted by Crippen LogP contribution is 2.31. The van der Waals surface area contributed by atoms with Crippen molar-refractivity contribution in [3.05, 3.63) is 89.7 Å². The second kappa shape index (κ2) is 8.35. The molecule has 0 spiro atoms. The first-order valence-electron chi connectivity index (χ1n) is 11.0. The Bertz CT molecular complexity index is 1370. The maximum atomic E-state index is 12.9. The van der Waals surface area contributed by atoms with Crippen molar-refractivity contribution in [2.45, 2.75) is 26.9 Å². The maximum absolute atomic E-state index is 12.9. The summed E-state index contributed by atoms with van der Waals surface area (Å²) in [5.74, 6) is 0.146. The fourth-order valence-corrected chi connectivity index (χ4v) is 4.30. The van der Waals surface area contributed by atoms with Gasteiger partial charge in [0.25, 0.3) is 5.91 Å². The van der Waals surface area contributed by atoms with Gasteiger partial charge in [0, 0.05) is 34.9 Å². The van der Waals surface area contributed by atoms with Gasteiger partial charge in [-0.2, -0.15) is 0 Å². The summed E-state index contributed by atoms with van der Waals surface area (Å²) in [7, 11) is 0. The van der Waals surface area contributed by atoms with Gasteiger partial charge in [0.15, 0.2) is 5.76 Å². The van der Waals surface area contributed by atoms with Crippen LogP contribution < -0.4 is 0 Å². The van der Waals surface area contributed by atoms with Crippen molar-refractivity contribution in [1.82, 2.24) is 9.47 Å². The number of aliphatic imine (C=N–C) groups is 1. The number of hydrogen-bond acceptors (Lipinski definition) is 3. The minimum Gasteiger partial charge on any atom is -0.420 e. The van der Waals surface area contributed by atoms with Gasteiger partial charge in [-0.05, 0) is 49.2 Å². The molecule has 0 atom stereocenters. The first-order valence-corrected chi connectivity index (χ1v) is 11.0. The lowest BCUT2D eigenvalue weighted by molar-refractivity contribution is -0.122. The van der Waals surface area contributed by atoms with Crippen molar-refractivity contribution in [3.8, 4) is 0 Å². The van der Waals surface area contributed by atoms with Gasteiger partial charge in [0.1, 0.15) is 0 Å². The van der Waals surface area contributed by atoms with Gasteiger partial charge in [-0.15, -0.1) is 0 Å². The summed E-state index contributed by atoms with van der Waals surface area (Å²) in [5.41, 5.74) is 4.41. The van der Waals surface area contributed by atoms with Crippen molar-refractivity contribution in [2.24, 2.45) is 4.99 Å². The summed E-state index contributed by atoms with van der Waals surface area (Å²) >= 11 is 0. The minimum atomic E-state index is -0.157. The molecule has 1 amide bonds. The van der Waals surface area contributed by atoms with Crippen LogP contribution in [0.3, 0.4) is 0 Å². The second-order valence-corrected chi connectivity index (χ2v) is 7.78. The van der Waals surface area contributed by atoms with E-state index in [1.54, 1.807) is 4.90 Å². The molecule has 160 valence electrons. The minimum absolute atomic E-state index is 0.157. The quantitative estimate of drug-likeness (QED) is 0.393. The molecule has 1 fully saturated rings. The number of carbonyl (C=O) groups excluding carboxylic acids is 1. The van der Waals surface area contributed by atoms with Crippen LogP contribution in [-0.2, 0) is 22.6 Å². The number of fused-ring (bicyclic) bond motifs is 3. The van der Waals surface area contributed by atoms with Gasteiger partial charge in [0.2, 0.25) is 0 Å². The van der Waals surface area contributed by atoms with E-state index >= 15 is 0 Å². The molecule has 0 N–H and O–H groups in total. The number of aryl methyl sites for hydroxylation is 1. The molecule has 5 nitrogen and oxygen atoms in total. The predicted molar refractivity (Wildman–Crippen MR) is 129 cm³/mol. The van der Waals surface area contributed by atoms with Gasteiger partial charge in [-0.3, -0.25) is 9.69 Å². The van der Waals surface area contributed by atoms with E-state index in [0.717, 1.165) is 17.7 Å². The number of rotatable bonds is 5. The smallest absolute Gasteiger partial charge is 0.300 e. The fraction of sp³-hybridized carbons (Fsp3) is 0.185. The van der Waals surface area contributed by atoms with Crippen molar-refractivity contribution < 1.29 is 9.53 Å². The predicted octanol–water partition coefficient (Wildman–Crippen LogP) is 5.59. The lowest BCUT2D eigenvalue weighted by Crippen LogP contribution is -2.29. The normalized spacial score (nSPS) is 16.6. The van der Waals surface area contributed by atoms with Crippen LogP contribution in [0.15, 0.2) is 83.5 Å². The van der Waals surface area contributed by atoms with Crippen molar-refractivity contribution >= 4 is 39.8 Å². The maximum Gasteiger partial charge on any atom is 0.300 e. The van der Waals surface area contributed by atoms with Crippen LogP contribution >= 0.6 is 0 Å². The summed E-state index contributed by atoms with van der Waals surface area (Å²) in [6.07, 6.45) is 1.81. The lowest BCUT2D eigenvalue weighted by Gasteiger charge is -2.09. The number of nitrogens with zero attached hydrogens (tertiary/aromatic N) is 3. The second-order valence-electron chi connectivity index (χ2n) is 7.78. The Balaban J connectivity index is 1.50. The number of likely N-dealkylation sites (N-methyl/N-ethyl adjacent to an activating group) is 1. The standard InChI is InChI=1S/C27H25N3O2/c1-3-29-23-13-9-8-12-21(23)22-16-20(14-15-24(22)29)17-25-26(31)30(4-2)27(32-25)28-18-19-10-6-5-7-11-19/h5-17H,3-4,18H2,1-2H3/b25-17+,28-27?. The van der Waals surface area contributed by atoms with E-state index in [9.17, 15) is 4.79 Å². The molecule has 3 aromatic carbocycles. The van der Waals surface area contributed by atoms with Gasteiger partial charge >= 0.3 is 6.02 Å². The molecule has 32 heavy (non-hydrogen) atoms. The van der Waals surface area contributed by atoms with Crippen LogP contribution in [0.1, 0.15) is 25.0 Å². The van der Waals surface area contributed by atoms with E-state index < -0.39 is 0 Å². The Kier molecular flexibility index (Phi) is 5.23. The molecule has 0 radical (unpaired) electrons. The Labute approximate surface area is 187 Å². The number of para-hydroxylation sites is 1. The monoisotopic (exact) mass is 423 g/mol. The molecule has 0 bridgehead atoms. The van der Waals surface area contributed by atoms with Crippen molar-refractivity contribution in [2.75, 3.05) is 6.54 Å². The Morgan fingerprint density at radius 3 is 2.41 bits per heavy atom. The number of ether oxygens (including phenoxy) is 1. The van der Waals surface area contributed by atoms with Gasteiger partial charge in [-0.25, -0.2) is 4.99 Å². The van der Waals surface area contributed by atoms with Gasteiger partial charge < -0.3 is 9.30 Å². The van der Waals surface area contributed by atoms with Gasteiger partial charge in [0.05, 0.1) is 6.54 Å². The lowest BCUT2D eigenvalue weighted by atomic mass is 10.1. The largest absolute Gasteiger partial charge is 0.420 e. The first-order chi connectivity index (χ1) is 15.7. The zero-order valence-corrected chi connectivity index (χ0v) is 18.3. The van der Waals surface area contributed by atoms with Gasteiger partial charge in [-0.1, -0.05) is 54.6 Å². The van der Waals surface area contributed by atoms with Crippen LogP contribution in [0, 0.1) is 0 Å². The highest BCUT2D eigenvalue weighted by molar-refractivity contribution is 6.12. The van der Waals surface area contributed by atoms with E-state index in [-0.39, 0.29) is 5.91 Å². The summed E-state index contributed by atoms with van der Waals surface area (Å²) in [5, 5.41) is 2.39. The van der Waals surface area contributed by atoms with E-state index in [0.29, 0.717) is 24.9 Å². The van der Waals surface area contributed by atoms with Crippen molar-refractivity contribution in [1.29, 1.82) is 0 Å². The van der Waals surface area contributed by atoms with Crippen LogP contribution in [0.5, 0.6) is 0 Å². The number of amidine groups is 1. The Morgan fingerprint density at radius 2 is 1.62 bits per heavy atom. The SMILES string of the molecule is CCN1C(=O)/C(=C\c2ccc3c(c2)c2ccccc2n3CC)OC1=NCc1ccccc1. The number of amides is 1. The summed E-state index contributed by atoms with van der Waals surface area (Å²) < 4.78 is 8.22. The third-order valence-electron chi connectivity index (χ3n) is 5.85. The summed E-state index contributed by atoms with van der Waals surface area (Å²) in [6.45, 7) is 5.96. The molecule has 5 rings (SSSR count). The average molecular weight is 424 g/mol. The molecule has 1 aliphatic rings. The van der Waals surface area contributed by atoms with E-state index in [1.165, 1.54) is 21.8 Å². The summed E-state index contributed by atoms with van der Waals surface area (Å²) in [6, 6.07) is 25.0. The molecule has 0 unspecified atom stereocenters. The molecule has 0 aliphatic carbocycles. The highest BCUT2D eigenvalue weighted by atomic mass is 16.5. The Morgan fingerprint density at radius 1 is 0.875 bits per heavy atom. The number of benzene rings is 3. The highest BCUT2D eigenvalue weighted by Gasteiger charge is 2.33. The molecule has 1 saturated heterocycles.